The maximum absolute atomic E-state index is 11.7. The fourth-order valence-electron chi connectivity index (χ4n) is 1.16. The lowest BCUT2D eigenvalue weighted by molar-refractivity contribution is -0.128. The predicted octanol–water partition coefficient (Wildman–Crippen LogP) is 1.05. The molecular weight excluding hydrogens is 286 g/mol. The number of hydrogen-bond acceptors (Lipinski definition) is 3. The molecule has 0 spiro atoms. The molecule has 0 aliphatic heterocycles. The van der Waals surface area contributed by atoms with Crippen molar-refractivity contribution in [3.63, 3.8) is 0 Å². The Bertz CT molecular complexity index is 421. The molecule has 0 radical (unpaired) electrons. The molecule has 92 valence electrons. The molecule has 0 fully saturated rings. The van der Waals surface area contributed by atoms with Crippen LogP contribution in [0.5, 0.6) is 0 Å². The molecule has 17 heavy (non-hydrogen) atoms. The Morgan fingerprint density at radius 2 is 2.18 bits per heavy atom. The molecule has 2 amide bonds. The number of nitrogens with zero attached hydrogens (tertiary/aromatic N) is 2. The largest absolute Gasteiger partial charge is 0.351 e. The molecule has 1 rings (SSSR count). The van der Waals surface area contributed by atoms with Crippen LogP contribution in [0.1, 0.15) is 16.8 Å². The summed E-state index contributed by atoms with van der Waals surface area (Å²) in [6.07, 6.45) is 1.88. The minimum atomic E-state index is -0.239. The SMILES string of the molecule is CN(C)C(=O)CCNC(=O)c1cccnc1Br. The van der Waals surface area contributed by atoms with Gasteiger partial charge in [0.15, 0.2) is 0 Å². The fourth-order valence-corrected chi connectivity index (χ4v) is 1.59. The van der Waals surface area contributed by atoms with E-state index in [1.54, 1.807) is 32.4 Å². The van der Waals surface area contributed by atoms with Gasteiger partial charge in [0.2, 0.25) is 5.91 Å². The number of pyridine rings is 1. The topological polar surface area (TPSA) is 62.3 Å². The van der Waals surface area contributed by atoms with E-state index in [4.69, 9.17) is 0 Å². The summed E-state index contributed by atoms with van der Waals surface area (Å²) in [6.45, 7) is 0.317. The first kappa shape index (κ1) is 13.6. The van der Waals surface area contributed by atoms with Crippen LogP contribution in [0.3, 0.4) is 0 Å². The molecule has 1 heterocycles. The lowest BCUT2D eigenvalue weighted by atomic mass is 10.2. The second kappa shape index (κ2) is 6.34. The van der Waals surface area contributed by atoms with Crippen molar-refractivity contribution in [2.45, 2.75) is 6.42 Å². The molecule has 0 aliphatic carbocycles. The Labute approximate surface area is 108 Å². The highest BCUT2D eigenvalue weighted by atomic mass is 79.9. The second-order valence-electron chi connectivity index (χ2n) is 3.64. The van der Waals surface area contributed by atoms with Crippen LogP contribution in [-0.4, -0.2) is 42.3 Å². The van der Waals surface area contributed by atoms with E-state index >= 15 is 0 Å². The Kier molecular flexibility index (Phi) is 5.09. The molecule has 1 aromatic heterocycles. The third-order valence-corrected chi connectivity index (χ3v) is 2.76. The lowest BCUT2D eigenvalue weighted by Gasteiger charge is -2.10. The van der Waals surface area contributed by atoms with Crippen LogP contribution in [0.15, 0.2) is 22.9 Å². The van der Waals surface area contributed by atoms with Crippen LogP contribution in [0.4, 0.5) is 0 Å². The summed E-state index contributed by atoms with van der Waals surface area (Å²) < 4.78 is 0.497. The Morgan fingerprint density at radius 3 is 2.76 bits per heavy atom. The van der Waals surface area contributed by atoms with Crippen molar-refractivity contribution in [2.75, 3.05) is 20.6 Å². The van der Waals surface area contributed by atoms with Gasteiger partial charge in [-0.05, 0) is 28.1 Å². The van der Waals surface area contributed by atoms with Crippen LogP contribution < -0.4 is 5.32 Å². The van der Waals surface area contributed by atoms with Crippen LogP contribution in [-0.2, 0) is 4.79 Å². The summed E-state index contributed by atoms with van der Waals surface area (Å²) in [5, 5.41) is 2.67. The van der Waals surface area contributed by atoms with Crippen molar-refractivity contribution in [3.05, 3.63) is 28.5 Å². The molecule has 5 nitrogen and oxygen atoms in total. The lowest BCUT2D eigenvalue weighted by Crippen LogP contribution is -2.30. The van der Waals surface area contributed by atoms with Gasteiger partial charge in [0.1, 0.15) is 4.60 Å². The van der Waals surface area contributed by atoms with Gasteiger partial charge in [-0.15, -0.1) is 0 Å². The van der Waals surface area contributed by atoms with E-state index in [1.807, 2.05) is 0 Å². The molecule has 6 heteroatoms. The van der Waals surface area contributed by atoms with E-state index in [-0.39, 0.29) is 18.2 Å². The monoisotopic (exact) mass is 299 g/mol. The number of hydrogen-bond donors (Lipinski definition) is 1. The molecule has 0 atom stereocenters. The second-order valence-corrected chi connectivity index (χ2v) is 4.39. The van der Waals surface area contributed by atoms with Crippen LogP contribution in [0, 0.1) is 0 Å². The van der Waals surface area contributed by atoms with Gasteiger partial charge in [-0.3, -0.25) is 9.59 Å². The number of halogens is 1. The van der Waals surface area contributed by atoms with Crippen LogP contribution in [0.25, 0.3) is 0 Å². The summed E-state index contributed by atoms with van der Waals surface area (Å²) in [5.74, 6) is -0.257. The maximum Gasteiger partial charge on any atom is 0.254 e. The van der Waals surface area contributed by atoms with E-state index in [0.717, 1.165) is 0 Å². The molecule has 0 bridgehead atoms. The maximum atomic E-state index is 11.7. The van der Waals surface area contributed by atoms with Crippen molar-refractivity contribution in [1.29, 1.82) is 0 Å². The molecule has 1 N–H and O–H groups in total. The van der Waals surface area contributed by atoms with Gasteiger partial charge in [-0.2, -0.15) is 0 Å². The number of carbonyl (C=O) groups excluding carboxylic acids is 2. The van der Waals surface area contributed by atoms with Gasteiger partial charge in [0.25, 0.3) is 5.91 Å². The summed E-state index contributed by atoms with van der Waals surface area (Å²) in [4.78, 5) is 28.4. The summed E-state index contributed by atoms with van der Waals surface area (Å²) in [5.41, 5.74) is 0.463. The molecule has 1 aromatic rings. The van der Waals surface area contributed by atoms with Crippen molar-refractivity contribution >= 4 is 27.7 Å². The zero-order chi connectivity index (χ0) is 12.8. The first-order valence-corrected chi connectivity index (χ1v) is 5.90. The number of aromatic nitrogens is 1. The fraction of sp³-hybridized carbons (Fsp3) is 0.364. The van der Waals surface area contributed by atoms with Crippen molar-refractivity contribution < 1.29 is 9.59 Å². The van der Waals surface area contributed by atoms with Gasteiger partial charge in [-0.1, -0.05) is 0 Å². The summed E-state index contributed by atoms with van der Waals surface area (Å²) >= 11 is 3.19. The molecule has 0 aromatic carbocycles. The van der Waals surface area contributed by atoms with E-state index in [2.05, 4.69) is 26.2 Å². The van der Waals surface area contributed by atoms with E-state index in [0.29, 0.717) is 16.7 Å². The highest BCUT2D eigenvalue weighted by molar-refractivity contribution is 9.10. The molecular formula is C11H14BrN3O2. The third kappa shape index (κ3) is 4.14. The standard InChI is InChI=1S/C11H14BrN3O2/c1-15(2)9(16)5-7-14-11(17)8-4-3-6-13-10(8)12/h3-4,6H,5,7H2,1-2H3,(H,14,17). The average molecular weight is 300 g/mol. The van der Waals surface area contributed by atoms with Crippen molar-refractivity contribution in [1.82, 2.24) is 15.2 Å². The number of nitrogens with one attached hydrogen (secondary N) is 1. The molecule has 0 saturated heterocycles. The minimum Gasteiger partial charge on any atom is -0.351 e. The normalized spacial score (nSPS) is 9.82. The Morgan fingerprint density at radius 1 is 1.47 bits per heavy atom. The van der Waals surface area contributed by atoms with Gasteiger partial charge in [0.05, 0.1) is 5.56 Å². The zero-order valence-electron chi connectivity index (χ0n) is 9.74. The molecule has 0 unspecified atom stereocenters. The molecule has 0 aliphatic rings. The van der Waals surface area contributed by atoms with Gasteiger partial charge >= 0.3 is 0 Å². The predicted molar refractivity (Wildman–Crippen MR) is 67.6 cm³/mol. The van der Waals surface area contributed by atoms with Gasteiger partial charge < -0.3 is 10.2 Å². The number of rotatable bonds is 4. The Hall–Kier alpha value is -1.43. The Balaban J connectivity index is 2.46. The highest BCUT2D eigenvalue weighted by Gasteiger charge is 2.10. The number of carbonyl (C=O) groups is 2. The number of amides is 2. The third-order valence-electron chi connectivity index (χ3n) is 2.13. The minimum absolute atomic E-state index is 0.0180. The van der Waals surface area contributed by atoms with Crippen molar-refractivity contribution in [3.8, 4) is 0 Å². The molecule has 0 saturated carbocycles. The van der Waals surface area contributed by atoms with E-state index in [1.165, 1.54) is 4.90 Å². The first-order chi connectivity index (χ1) is 8.02. The first-order valence-electron chi connectivity index (χ1n) is 5.11. The van der Waals surface area contributed by atoms with Crippen LogP contribution >= 0.6 is 15.9 Å². The van der Waals surface area contributed by atoms with Gasteiger partial charge in [0, 0.05) is 33.3 Å². The van der Waals surface area contributed by atoms with E-state index in [9.17, 15) is 9.59 Å². The average Bonchev–Trinajstić information content (AvgIpc) is 2.29. The smallest absolute Gasteiger partial charge is 0.254 e. The van der Waals surface area contributed by atoms with Crippen molar-refractivity contribution in [2.24, 2.45) is 0 Å². The summed E-state index contributed by atoms with van der Waals surface area (Å²) in [6, 6.07) is 3.35. The van der Waals surface area contributed by atoms with Gasteiger partial charge in [-0.25, -0.2) is 4.98 Å². The van der Waals surface area contributed by atoms with Crippen LogP contribution in [0.2, 0.25) is 0 Å². The highest BCUT2D eigenvalue weighted by Crippen LogP contribution is 2.11. The summed E-state index contributed by atoms with van der Waals surface area (Å²) in [7, 11) is 3.36. The zero-order valence-corrected chi connectivity index (χ0v) is 11.3. The van der Waals surface area contributed by atoms with E-state index < -0.39 is 0 Å². The quantitative estimate of drug-likeness (QED) is 0.846.